The molecule has 0 bridgehead atoms. The van der Waals surface area contributed by atoms with Gasteiger partial charge in [0.1, 0.15) is 17.2 Å². The van der Waals surface area contributed by atoms with Crippen LogP contribution in [0.2, 0.25) is 5.02 Å². The second kappa shape index (κ2) is 9.40. The van der Waals surface area contributed by atoms with Crippen LogP contribution in [0.3, 0.4) is 0 Å². The van der Waals surface area contributed by atoms with Gasteiger partial charge in [0.05, 0.1) is 10.6 Å². The molecule has 4 rings (SSSR count). The average molecular weight is 490 g/mol. The number of alkyl halides is 3. The Morgan fingerprint density at radius 3 is 2.65 bits per heavy atom. The van der Waals surface area contributed by atoms with Gasteiger partial charge in [-0.05, 0) is 36.4 Å². The summed E-state index contributed by atoms with van der Waals surface area (Å²) in [5, 5.41) is 9.56. The third kappa shape index (κ3) is 5.26. The maximum Gasteiger partial charge on any atom is 0.417 e. The molecule has 0 fully saturated rings. The van der Waals surface area contributed by atoms with E-state index >= 15 is 0 Å². The third-order valence-corrected chi connectivity index (χ3v) is 4.91. The number of amides is 2. The van der Waals surface area contributed by atoms with Crippen LogP contribution in [0.5, 0.6) is 11.5 Å². The summed E-state index contributed by atoms with van der Waals surface area (Å²) in [6, 6.07) is 12.3. The van der Waals surface area contributed by atoms with Crippen LogP contribution in [0.4, 0.5) is 29.3 Å². The summed E-state index contributed by atoms with van der Waals surface area (Å²) in [6.45, 7) is 0. The minimum absolute atomic E-state index is 0.0203. The van der Waals surface area contributed by atoms with Crippen LogP contribution in [0.1, 0.15) is 5.56 Å². The lowest BCUT2D eigenvalue weighted by Gasteiger charge is -2.20. The lowest BCUT2D eigenvalue weighted by atomic mass is 10.2. The van der Waals surface area contributed by atoms with Crippen molar-refractivity contribution >= 4 is 29.0 Å². The van der Waals surface area contributed by atoms with E-state index in [-0.39, 0.29) is 11.6 Å². The van der Waals surface area contributed by atoms with Crippen LogP contribution in [0, 0.1) is 0 Å². The SMILES string of the molecule is CN(C(=O)Nc1cccc(Oc2ccnc(-c3nnco3)c2)c1)c1ccc(Cl)c(C(F)(F)F)c1. The summed E-state index contributed by atoms with van der Waals surface area (Å²) >= 11 is 5.65. The summed E-state index contributed by atoms with van der Waals surface area (Å²) in [7, 11) is 1.34. The van der Waals surface area contributed by atoms with Crippen LogP contribution >= 0.6 is 11.6 Å². The fraction of sp³-hybridized carbons (Fsp3) is 0.0909. The van der Waals surface area contributed by atoms with Gasteiger partial charge in [0.25, 0.3) is 5.89 Å². The Morgan fingerprint density at radius 2 is 1.91 bits per heavy atom. The Balaban J connectivity index is 1.47. The van der Waals surface area contributed by atoms with E-state index in [0.717, 1.165) is 17.0 Å². The Morgan fingerprint density at radius 1 is 1.12 bits per heavy atom. The van der Waals surface area contributed by atoms with Crippen molar-refractivity contribution in [3.05, 3.63) is 77.8 Å². The molecular weight excluding hydrogens is 475 g/mol. The molecule has 0 atom stereocenters. The van der Waals surface area contributed by atoms with E-state index in [0.29, 0.717) is 22.9 Å². The molecule has 8 nitrogen and oxygen atoms in total. The number of aromatic nitrogens is 3. The summed E-state index contributed by atoms with van der Waals surface area (Å²) < 4.78 is 50.3. The number of hydrogen-bond donors (Lipinski definition) is 1. The number of nitrogens with zero attached hydrogens (tertiary/aromatic N) is 4. The normalized spacial score (nSPS) is 11.2. The van der Waals surface area contributed by atoms with Crippen LogP contribution in [0.25, 0.3) is 11.6 Å². The highest BCUT2D eigenvalue weighted by atomic mass is 35.5. The van der Waals surface area contributed by atoms with Crippen LogP contribution in [-0.4, -0.2) is 28.3 Å². The highest BCUT2D eigenvalue weighted by molar-refractivity contribution is 6.31. The fourth-order valence-electron chi connectivity index (χ4n) is 2.91. The first kappa shape index (κ1) is 23.1. The van der Waals surface area contributed by atoms with Gasteiger partial charge in [0.15, 0.2) is 0 Å². The van der Waals surface area contributed by atoms with Gasteiger partial charge < -0.3 is 14.5 Å². The van der Waals surface area contributed by atoms with Crippen molar-refractivity contribution in [3.8, 4) is 23.1 Å². The molecule has 4 aromatic rings. The molecule has 174 valence electrons. The Kier molecular flexibility index (Phi) is 6.37. The minimum atomic E-state index is -4.65. The van der Waals surface area contributed by atoms with Crippen LogP contribution < -0.4 is 15.0 Å². The van der Waals surface area contributed by atoms with Gasteiger partial charge in [0, 0.05) is 36.8 Å². The number of anilines is 2. The number of ether oxygens (including phenoxy) is 1. The summed E-state index contributed by atoms with van der Waals surface area (Å²) in [5.74, 6) is 1.06. The van der Waals surface area contributed by atoms with E-state index in [1.807, 2.05) is 0 Å². The molecule has 0 spiro atoms. The second-order valence-electron chi connectivity index (χ2n) is 6.90. The number of pyridine rings is 1. The predicted octanol–water partition coefficient (Wildman–Crippen LogP) is 6.26. The monoisotopic (exact) mass is 489 g/mol. The molecule has 12 heteroatoms. The van der Waals surface area contributed by atoms with Crippen molar-refractivity contribution in [1.82, 2.24) is 15.2 Å². The number of halogens is 4. The molecule has 2 amide bonds. The quantitative estimate of drug-likeness (QED) is 0.355. The standard InChI is InChI=1S/C22H15ClF3N5O3/c1-31(14-5-6-18(23)17(10-14)22(24,25)26)21(32)29-13-3-2-4-15(9-13)34-16-7-8-27-19(11-16)20-30-28-12-33-20/h2-12H,1H3,(H,29,32). The highest BCUT2D eigenvalue weighted by Crippen LogP contribution is 2.37. The number of urea groups is 1. The predicted molar refractivity (Wildman–Crippen MR) is 118 cm³/mol. The molecule has 2 aromatic heterocycles. The number of benzene rings is 2. The van der Waals surface area contributed by atoms with Gasteiger partial charge in [-0.2, -0.15) is 13.2 Å². The molecule has 1 N–H and O–H groups in total. The number of hydrogen-bond acceptors (Lipinski definition) is 6. The van der Waals surface area contributed by atoms with E-state index in [1.54, 1.807) is 36.4 Å². The lowest BCUT2D eigenvalue weighted by molar-refractivity contribution is -0.137. The minimum Gasteiger partial charge on any atom is -0.457 e. The second-order valence-corrected chi connectivity index (χ2v) is 7.31. The van der Waals surface area contributed by atoms with E-state index in [4.69, 9.17) is 20.8 Å². The molecule has 0 saturated carbocycles. The smallest absolute Gasteiger partial charge is 0.417 e. The van der Waals surface area contributed by atoms with E-state index in [2.05, 4.69) is 20.5 Å². The van der Waals surface area contributed by atoms with Gasteiger partial charge in [-0.15, -0.1) is 10.2 Å². The third-order valence-electron chi connectivity index (χ3n) is 4.58. The topological polar surface area (TPSA) is 93.4 Å². The zero-order valence-corrected chi connectivity index (χ0v) is 18.1. The Bertz CT molecular complexity index is 1320. The zero-order chi connectivity index (χ0) is 24.3. The highest BCUT2D eigenvalue weighted by Gasteiger charge is 2.34. The number of carbonyl (C=O) groups is 1. The molecule has 0 unspecified atom stereocenters. The molecule has 0 aliphatic rings. The lowest BCUT2D eigenvalue weighted by Crippen LogP contribution is -2.31. The average Bonchev–Trinajstić information content (AvgIpc) is 3.34. The maximum atomic E-state index is 13.1. The van der Waals surface area contributed by atoms with Crippen LogP contribution in [-0.2, 0) is 6.18 Å². The molecule has 0 aliphatic heterocycles. The van der Waals surface area contributed by atoms with Crippen LogP contribution in [0.15, 0.2) is 71.6 Å². The van der Waals surface area contributed by atoms with E-state index in [9.17, 15) is 18.0 Å². The summed E-state index contributed by atoms with van der Waals surface area (Å²) in [4.78, 5) is 17.8. The number of carbonyl (C=O) groups excluding carboxylic acids is 1. The van der Waals surface area contributed by atoms with Gasteiger partial charge in [-0.1, -0.05) is 17.7 Å². The molecule has 0 radical (unpaired) electrons. The van der Waals surface area contributed by atoms with Crippen molar-refractivity contribution in [2.45, 2.75) is 6.18 Å². The van der Waals surface area contributed by atoms with Gasteiger partial charge in [0.2, 0.25) is 6.39 Å². The number of nitrogens with one attached hydrogen (secondary N) is 1. The van der Waals surface area contributed by atoms with Crippen molar-refractivity contribution in [3.63, 3.8) is 0 Å². The Hall–Kier alpha value is -4.12. The van der Waals surface area contributed by atoms with Crippen molar-refractivity contribution < 1.29 is 27.1 Å². The first-order valence-corrected chi connectivity index (χ1v) is 10.0. The Labute approximate surface area is 196 Å². The molecule has 0 aliphatic carbocycles. The summed E-state index contributed by atoms with van der Waals surface area (Å²) in [6.07, 6.45) is -1.95. The molecule has 0 saturated heterocycles. The van der Waals surface area contributed by atoms with Gasteiger partial charge >= 0.3 is 12.2 Å². The van der Waals surface area contributed by atoms with Gasteiger partial charge in [-0.3, -0.25) is 9.88 Å². The van der Waals surface area contributed by atoms with Crippen molar-refractivity contribution in [2.75, 3.05) is 17.3 Å². The number of rotatable bonds is 5. The fourth-order valence-corrected chi connectivity index (χ4v) is 3.14. The molecule has 2 heterocycles. The molecule has 2 aromatic carbocycles. The zero-order valence-electron chi connectivity index (χ0n) is 17.4. The first-order valence-electron chi connectivity index (χ1n) is 9.62. The van der Waals surface area contributed by atoms with E-state index < -0.39 is 22.8 Å². The van der Waals surface area contributed by atoms with Gasteiger partial charge in [-0.25, -0.2) is 4.79 Å². The van der Waals surface area contributed by atoms with Crippen molar-refractivity contribution in [2.24, 2.45) is 0 Å². The molecular formula is C22H15ClF3N5O3. The largest absolute Gasteiger partial charge is 0.457 e. The van der Waals surface area contributed by atoms with Crippen molar-refractivity contribution in [1.29, 1.82) is 0 Å². The molecule has 34 heavy (non-hydrogen) atoms. The maximum absolute atomic E-state index is 13.1. The summed E-state index contributed by atoms with van der Waals surface area (Å²) in [5.41, 5.74) is -0.223. The van der Waals surface area contributed by atoms with E-state index in [1.165, 1.54) is 25.7 Å². The first-order chi connectivity index (χ1) is 16.2.